The lowest BCUT2D eigenvalue weighted by atomic mass is 10.1. The Bertz CT molecular complexity index is 757. The second kappa shape index (κ2) is 10.2. The maximum atomic E-state index is 12.7. The molecule has 2 heterocycles. The molecule has 0 bridgehead atoms. The highest BCUT2D eigenvalue weighted by atomic mass is 127. The first-order valence-electron chi connectivity index (χ1n) is 8.00. The summed E-state index contributed by atoms with van der Waals surface area (Å²) in [6.07, 6.45) is 2.31. The van der Waals surface area contributed by atoms with Gasteiger partial charge in [0.05, 0.1) is 6.26 Å². The molecule has 148 valence electrons. The molecule has 0 radical (unpaired) electrons. The summed E-state index contributed by atoms with van der Waals surface area (Å²) < 4.78 is 45.7. The SMILES string of the molecule is CN=C(NCCc1ccco1)NCc1cc2c(cc1OC(F)F)OCO2.I. The first-order valence-corrected chi connectivity index (χ1v) is 8.00. The van der Waals surface area contributed by atoms with Crippen molar-refractivity contribution in [3.05, 3.63) is 41.9 Å². The number of nitrogens with one attached hydrogen (secondary N) is 2. The lowest BCUT2D eigenvalue weighted by molar-refractivity contribution is -0.0505. The van der Waals surface area contributed by atoms with E-state index in [1.165, 1.54) is 6.07 Å². The van der Waals surface area contributed by atoms with Crippen LogP contribution in [0.4, 0.5) is 8.78 Å². The van der Waals surface area contributed by atoms with Gasteiger partial charge in [-0.3, -0.25) is 4.99 Å². The predicted molar refractivity (Wildman–Crippen MR) is 105 cm³/mol. The van der Waals surface area contributed by atoms with Gasteiger partial charge in [-0.05, 0) is 18.2 Å². The molecule has 0 aliphatic carbocycles. The van der Waals surface area contributed by atoms with E-state index in [0.29, 0.717) is 36.0 Å². The second-order valence-corrected chi connectivity index (χ2v) is 5.37. The molecular formula is C17H20F2IN3O4. The van der Waals surface area contributed by atoms with Crippen LogP contribution in [-0.2, 0) is 13.0 Å². The van der Waals surface area contributed by atoms with Crippen molar-refractivity contribution >= 4 is 29.9 Å². The zero-order chi connectivity index (χ0) is 18.4. The Morgan fingerprint density at radius 2 is 2.04 bits per heavy atom. The van der Waals surface area contributed by atoms with Crippen molar-refractivity contribution in [2.45, 2.75) is 19.6 Å². The number of alkyl halides is 2. The minimum atomic E-state index is -2.93. The van der Waals surface area contributed by atoms with Crippen LogP contribution in [0.1, 0.15) is 11.3 Å². The van der Waals surface area contributed by atoms with E-state index in [-0.39, 0.29) is 43.1 Å². The lowest BCUT2D eigenvalue weighted by Gasteiger charge is -2.15. The largest absolute Gasteiger partial charge is 0.469 e. The number of nitrogens with zero attached hydrogens (tertiary/aromatic N) is 1. The maximum absolute atomic E-state index is 12.7. The van der Waals surface area contributed by atoms with Crippen LogP contribution in [0, 0.1) is 0 Å². The summed E-state index contributed by atoms with van der Waals surface area (Å²) in [4.78, 5) is 4.10. The van der Waals surface area contributed by atoms with Gasteiger partial charge in [0.25, 0.3) is 0 Å². The molecule has 0 atom stereocenters. The fraction of sp³-hybridized carbons (Fsp3) is 0.353. The van der Waals surface area contributed by atoms with E-state index in [1.807, 2.05) is 12.1 Å². The number of hydrogen-bond acceptors (Lipinski definition) is 5. The van der Waals surface area contributed by atoms with E-state index < -0.39 is 6.61 Å². The number of guanidine groups is 1. The molecule has 0 unspecified atom stereocenters. The Balaban J connectivity index is 0.00000261. The number of fused-ring (bicyclic) bond motifs is 1. The Morgan fingerprint density at radius 1 is 1.26 bits per heavy atom. The molecule has 7 nitrogen and oxygen atoms in total. The van der Waals surface area contributed by atoms with Gasteiger partial charge in [-0.2, -0.15) is 8.78 Å². The van der Waals surface area contributed by atoms with Gasteiger partial charge in [-0.1, -0.05) is 0 Å². The van der Waals surface area contributed by atoms with Crippen molar-refractivity contribution in [2.75, 3.05) is 20.4 Å². The van der Waals surface area contributed by atoms with E-state index in [2.05, 4.69) is 20.4 Å². The Hall–Kier alpha value is -2.24. The predicted octanol–water partition coefficient (Wildman–Crippen LogP) is 3.14. The van der Waals surface area contributed by atoms with Crippen molar-refractivity contribution < 1.29 is 27.4 Å². The van der Waals surface area contributed by atoms with Crippen LogP contribution in [0.3, 0.4) is 0 Å². The van der Waals surface area contributed by atoms with Gasteiger partial charge in [0.15, 0.2) is 17.5 Å². The molecule has 0 fully saturated rings. The highest BCUT2D eigenvalue weighted by Crippen LogP contribution is 2.38. The average Bonchev–Trinajstić information content (AvgIpc) is 3.28. The third kappa shape index (κ3) is 5.88. The molecule has 0 amide bonds. The molecule has 2 aromatic rings. The third-order valence-electron chi connectivity index (χ3n) is 3.69. The normalized spacial score (nSPS) is 12.7. The van der Waals surface area contributed by atoms with Crippen LogP contribution in [0.25, 0.3) is 0 Å². The second-order valence-electron chi connectivity index (χ2n) is 5.37. The van der Waals surface area contributed by atoms with E-state index in [4.69, 9.17) is 13.9 Å². The minimum Gasteiger partial charge on any atom is -0.469 e. The van der Waals surface area contributed by atoms with E-state index in [1.54, 1.807) is 19.4 Å². The summed E-state index contributed by atoms with van der Waals surface area (Å²) in [5.74, 6) is 2.28. The van der Waals surface area contributed by atoms with E-state index in [0.717, 1.165) is 5.76 Å². The molecule has 10 heteroatoms. The number of aliphatic imine (C=N–C) groups is 1. The monoisotopic (exact) mass is 495 g/mol. The number of hydrogen-bond donors (Lipinski definition) is 2. The summed E-state index contributed by atoms with van der Waals surface area (Å²) >= 11 is 0. The van der Waals surface area contributed by atoms with Gasteiger partial charge in [0, 0.05) is 38.2 Å². The Labute approximate surface area is 172 Å². The Morgan fingerprint density at radius 3 is 2.70 bits per heavy atom. The van der Waals surface area contributed by atoms with Crippen LogP contribution >= 0.6 is 24.0 Å². The smallest absolute Gasteiger partial charge is 0.387 e. The van der Waals surface area contributed by atoms with Crippen molar-refractivity contribution in [3.8, 4) is 17.2 Å². The van der Waals surface area contributed by atoms with Gasteiger partial charge in [0.2, 0.25) is 6.79 Å². The van der Waals surface area contributed by atoms with Crippen molar-refractivity contribution in [3.63, 3.8) is 0 Å². The van der Waals surface area contributed by atoms with Gasteiger partial charge in [0.1, 0.15) is 11.5 Å². The molecule has 3 rings (SSSR count). The van der Waals surface area contributed by atoms with E-state index >= 15 is 0 Å². The summed E-state index contributed by atoms with van der Waals surface area (Å²) in [7, 11) is 1.62. The van der Waals surface area contributed by atoms with Crippen molar-refractivity contribution in [2.24, 2.45) is 4.99 Å². The topological polar surface area (TPSA) is 77.3 Å². The van der Waals surface area contributed by atoms with Crippen LogP contribution in [-0.4, -0.2) is 33.0 Å². The first-order chi connectivity index (χ1) is 12.7. The number of furan rings is 1. The van der Waals surface area contributed by atoms with Crippen LogP contribution < -0.4 is 24.8 Å². The first kappa shape index (κ1) is 21.1. The molecule has 0 spiro atoms. The van der Waals surface area contributed by atoms with Gasteiger partial charge in [-0.25, -0.2) is 0 Å². The number of benzene rings is 1. The number of halogens is 3. The van der Waals surface area contributed by atoms with Gasteiger partial charge in [-0.15, -0.1) is 24.0 Å². The molecule has 2 N–H and O–H groups in total. The van der Waals surface area contributed by atoms with E-state index in [9.17, 15) is 8.78 Å². The van der Waals surface area contributed by atoms with Crippen LogP contribution in [0.15, 0.2) is 39.9 Å². The molecule has 0 saturated carbocycles. The molecule has 27 heavy (non-hydrogen) atoms. The molecule has 0 saturated heterocycles. The number of ether oxygens (including phenoxy) is 3. The maximum Gasteiger partial charge on any atom is 0.387 e. The zero-order valence-electron chi connectivity index (χ0n) is 14.5. The minimum absolute atomic E-state index is 0. The average molecular weight is 495 g/mol. The molecular weight excluding hydrogens is 475 g/mol. The molecule has 1 aliphatic rings. The fourth-order valence-electron chi connectivity index (χ4n) is 2.47. The summed E-state index contributed by atoms with van der Waals surface area (Å²) in [5, 5.41) is 6.18. The van der Waals surface area contributed by atoms with Gasteiger partial charge < -0.3 is 29.3 Å². The molecule has 1 aromatic carbocycles. The Kier molecular flexibility index (Phi) is 7.95. The summed E-state index contributed by atoms with van der Waals surface area (Å²) in [5.41, 5.74) is 0.503. The zero-order valence-corrected chi connectivity index (χ0v) is 16.9. The number of rotatable bonds is 7. The third-order valence-corrected chi connectivity index (χ3v) is 3.69. The standard InChI is InChI=1S/C17H19F2N3O4.HI/c1-20-17(21-5-4-12-3-2-6-23-12)22-9-11-7-14-15(25-10-24-14)8-13(11)26-16(18)19;/h2-3,6-8,16H,4-5,9-10H2,1H3,(H2,20,21,22);1H. The lowest BCUT2D eigenvalue weighted by Crippen LogP contribution is -2.37. The summed E-state index contributed by atoms with van der Waals surface area (Å²) in [6, 6.07) is 6.73. The van der Waals surface area contributed by atoms with Crippen molar-refractivity contribution in [1.82, 2.24) is 10.6 Å². The molecule has 1 aromatic heterocycles. The fourth-order valence-corrected chi connectivity index (χ4v) is 2.47. The van der Waals surface area contributed by atoms with Crippen LogP contribution in [0.2, 0.25) is 0 Å². The quantitative estimate of drug-likeness (QED) is 0.350. The summed E-state index contributed by atoms with van der Waals surface area (Å²) in [6.45, 7) is -2.05. The van der Waals surface area contributed by atoms with Gasteiger partial charge >= 0.3 is 6.61 Å². The molecule has 1 aliphatic heterocycles. The highest BCUT2D eigenvalue weighted by molar-refractivity contribution is 14.0. The van der Waals surface area contributed by atoms with Crippen LogP contribution in [0.5, 0.6) is 17.2 Å². The highest BCUT2D eigenvalue weighted by Gasteiger charge is 2.20. The van der Waals surface area contributed by atoms with Crippen molar-refractivity contribution in [1.29, 1.82) is 0 Å².